The maximum atomic E-state index is 11.6. The van der Waals surface area contributed by atoms with E-state index in [4.69, 9.17) is 0 Å². The van der Waals surface area contributed by atoms with Crippen LogP contribution in [0.4, 0.5) is 0 Å². The van der Waals surface area contributed by atoms with Gasteiger partial charge in [-0.15, -0.1) is 5.10 Å². The van der Waals surface area contributed by atoms with Gasteiger partial charge >= 0.3 is 11.7 Å². The van der Waals surface area contributed by atoms with Crippen LogP contribution in [0.2, 0.25) is 0 Å². The van der Waals surface area contributed by atoms with Crippen molar-refractivity contribution in [1.82, 2.24) is 20.1 Å². The maximum absolute atomic E-state index is 11.6. The smallest absolute Gasteiger partial charge is 0.343 e. The number of nitrogens with one attached hydrogen (secondary N) is 2. The third-order valence-corrected chi connectivity index (χ3v) is 4.03. The van der Waals surface area contributed by atoms with Crippen molar-refractivity contribution in [3.63, 3.8) is 0 Å². The lowest BCUT2D eigenvalue weighted by Gasteiger charge is -2.28. The summed E-state index contributed by atoms with van der Waals surface area (Å²) < 4.78 is 1.53. The molecule has 0 aliphatic rings. The van der Waals surface area contributed by atoms with Crippen molar-refractivity contribution in [1.29, 1.82) is 0 Å². The van der Waals surface area contributed by atoms with Crippen LogP contribution in [-0.2, 0) is 11.3 Å². The van der Waals surface area contributed by atoms with Crippen molar-refractivity contribution < 1.29 is 9.90 Å². The van der Waals surface area contributed by atoms with Gasteiger partial charge in [0.15, 0.2) is 5.16 Å². The molecule has 1 unspecified atom stereocenters. The Kier molecular flexibility index (Phi) is 5.82. The molecule has 0 radical (unpaired) electrons. The molecule has 0 aromatic carbocycles. The Morgan fingerprint density at radius 2 is 2.25 bits per heavy atom. The summed E-state index contributed by atoms with van der Waals surface area (Å²) in [6.45, 7) is 7.96. The minimum atomic E-state index is -1.06. The zero-order chi connectivity index (χ0) is 15.3. The number of H-pyrrole nitrogens is 1. The number of nitrogens with zero attached hydrogens (tertiary/aromatic N) is 2. The Morgan fingerprint density at radius 3 is 2.75 bits per heavy atom. The number of hydrogen-bond donors (Lipinski definition) is 3. The van der Waals surface area contributed by atoms with Crippen molar-refractivity contribution >= 4 is 17.7 Å². The second-order valence-electron chi connectivity index (χ2n) is 5.19. The summed E-state index contributed by atoms with van der Waals surface area (Å²) in [6, 6.07) is 0.0497. The molecule has 7 nitrogen and oxygen atoms in total. The number of aromatic amines is 1. The third-order valence-electron chi connectivity index (χ3n) is 2.74. The largest absolute Gasteiger partial charge is 0.480 e. The Morgan fingerprint density at radius 1 is 1.60 bits per heavy atom. The molecule has 20 heavy (non-hydrogen) atoms. The SMILES string of the molecule is CCCn1c(SCC(C)(NC(C)C)C(=O)O)n[nH]c1=O. The van der Waals surface area contributed by atoms with Gasteiger partial charge in [0.05, 0.1) is 0 Å². The lowest BCUT2D eigenvalue weighted by atomic mass is 10.1. The third kappa shape index (κ3) is 4.11. The Labute approximate surface area is 122 Å². The number of hydrogen-bond acceptors (Lipinski definition) is 5. The van der Waals surface area contributed by atoms with Crippen LogP contribution in [0.15, 0.2) is 9.95 Å². The van der Waals surface area contributed by atoms with Crippen LogP contribution in [0.1, 0.15) is 34.1 Å². The minimum absolute atomic E-state index is 0.0497. The first-order valence-corrected chi connectivity index (χ1v) is 7.57. The fourth-order valence-corrected chi connectivity index (χ4v) is 2.91. The molecular weight excluding hydrogens is 280 g/mol. The molecule has 114 valence electrons. The topological polar surface area (TPSA) is 100 Å². The van der Waals surface area contributed by atoms with Crippen LogP contribution >= 0.6 is 11.8 Å². The maximum Gasteiger partial charge on any atom is 0.343 e. The summed E-state index contributed by atoms with van der Waals surface area (Å²) in [7, 11) is 0. The number of thioether (sulfide) groups is 1. The standard InChI is InChI=1S/C12H22N4O3S/c1-5-6-16-10(19)14-15-11(16)20-7-12(4,9(17)18)13-8(2)3/h8,13H,5-7H2,1-4H3,(H,14,19)(H,17,18). The van der Waals surface area contributed by atoms with E-state index < -0.39 is 11.5 Å². The number of aromatic nitrogens is 3. The molecule has 3 N–H and O–H groups in total. The highest BCUT2D eigenvalue weighted by molar-refractivity contribution is 7.99. The molecule has 1 heterocycles. The van der Waals surface area contributed by atoms with Crippen molar-refractivity contribution in [2.45, 2.75) is 57.4 Å². The van der Waals surface area contributed by atoms with Gasteiger partial charge in [0, 0.05) is 18.3 Å². The van der Waals surface area contributed by atoms with E-state index in [1.807, 2.05) is 20.8 Å². The summed E-state index contributed by atoms with van der Waals surface area (Å²) in [5.41, 5.74) is -1.33. The van der Waals surface area contributed by atoms with E-state index in [1.165, 1.54) is 16.3 Å². The van der Waals surface area contributed by atoms with E-state index in [0.717, 1.165) is 6.42 Å². The van der Waals surface area contributed by atoms with Crippen molar-refractivity contribution in [2.75, 3.05) is 5.75 Å². The molecule has 0 aliphatic heterocycles. The Balaban J connectivity index is 2.83. The van der Waals surface area contributed by atoms with E-state index in [2.05, 4.69) is 15.5 Å². The fourth-order valence-electron chi connectivity index (χ4n) is 1.85. The predicted octanol–water partition coefficient (Wildman–Crippen LogP) is 0.915. The highest BCUT2D eigenvalue weighted by atomic mass is 32.2. The van der Waals surface area contributed by atoms with E-state index in [0.29, 0.717) is 11.7 Å². The molecular formula is C12H22N4O3S. The molecule has 0 fully saturated rings. The van der Waals surface area contributed by atoms with Crippen LogP contribution in [0.3, 0.4) is 0 Å². The quantitative estimate of drug-likeness (QED) is 0.617. The van der Waals surface area contributed by atoms with Crippen LogP contribution in [-0.4, -0.2) is 43.2 Å². The molecule has 1 atom stereocenters. The van der Waals surface area contributed by atoms with Gasteiger partial charge in [-0.05, 0) is 27.2 Å². The van der Waals surface area contributed by atoms with Gasteiger partial charge in [-0.1, -0.05) is 18.7 Å². The second kappa shape index (κ2) is 6.94. The first-order valence-electron chi connectivity index (χ1n) is 6.59. The van der Waals surface area contributed by atoms with Gasteiger partial charge < -0.3 is 5.11 Å². The Hall–Kier alpha value is -1.28. The molecule has 8 heteroatoms. The average Bonchev–Trinajstić information content (AvgIpc) is 2.68. The number of aliphatic carboxylic acids is 1. The Bertz CT molecular complexity index is 511. The molecule has 1 aromatic heterocycles. The summed E-state index contributed by atoms with van der Waals surface area (Å²) in [5.74, 6) is -0.632. The zero-order valence-corrected chi connectivity index (χ0v) is 13.1. The molecule has 0 amide bonds. The zero-order valence-electron chi connectivity index (χ0n) is 12.3. The molecule has 0 bridgehead atoms. The van der Waals surface area contributed by atoms with E-state index >= 15 is 0 Å². The van der Waals surface area contributed by atoms with Crippen LogP contribution in [0, 0.1) is 0 Å². The van der Waals surface area contributed by atoms with Gasteiger partial charge in [-0.3, -0.25) is 14.7 Å². The van der Waals surface area contributed by atoms with Crippen LogP contribution < -0.4 is 11.0 Å². The first-order chi connectivity index (χ1) is 9.30. The van der Waals surface area contributed by atoms with Crippen molar-refractivity contribution in [3.05, 3.63) is 10.5 Å². The summed E-state index contributed by atoms with van der Waals surface area (Å²) >= 11 is 1.26. The monoisotopic (exact) mass is 302 g/mol. The molecule has 0 aliphatic carbocycles. The van der Waals surface area contributed by atoms with Crippen molar-refractivity contribution in [3.8, 4) is 0 Å². The number of carbonyl (C=O) groups is 1. The highest BCUT2D eigenvalue weighted by Gasteiger charge is 2.34. The van der Waals surface area contributed by atoms with E-state index in [-0.39, 0.29) is 17.5 Å². The van der Waals surface area contributed by atoms with E-state index in [1.54, 1.807) is 6.92 Å². The van der Waals surface area contributed by atoms with Gasteiger partial charge in [0.1, 0.15) is 5.54 Å². The minimum Gasteiger partial charge on any atom is -0.480 e. The van der Waals surface area contributed by atoms with Gasteiger partial charge in [-0.2, -0.15) is 0 Å². The fraction of sp³-hybridized carbons (Fsp3) is 0.750. The lowest BCUT2D eigenvalue weighted by Crippen LogP contribution is -2.54. The van der Waals surface area contributed by atoms with Crippen LogP contribution in [0.25, 0.3) is 0 Å². The molecule has 0 saturated carbocycles. The normalized spacial score (nSPS) is 14.4. The number of carboxylic acids is 1. The highest BCUT2D eigenvalue weighted by Crippen LogP contribution is 2.21. The van der Waals surface area contributed by atoms with Crippen LogP contribution in [0.5, 0.6) is 0 Å². The molecule has 1 aromatic rings. The molecule has 0 saturated heterocycles. The van der Waals surface area contributed by atoms with Crippen molar-refractivity contribution in [2.24, 2.45) is 0 Å². The average molecular weight is 302 g/mol. The van der Waals surface area contributed by atoms with E-state index in [9.17, 15) is 14.7 Å². The molecule has 1 rings (SSSR count). The van der Waals surface area contributed by atoms with Gasteiger partial charge in [0.2, 0.25) is 0 Å². The predicted molar refractivity (Wildman–Crippen MR) is 78.2 cm³/mol. The molecule has 0 spiro atoms. The summed E-state index contributed by atoms with van der Waals surface area (Å²) in [6.07, 6.45) is 0.813. The second-order valence-corrected chi connectivity index (χ2v) is 6.13. The first kappa shape index (κ1) is 16.8. The number of carboxylic acid groups (broad SMARTS) is 1. The number of rotatable bonds is 8. The van der Waals surface area contributed by atoms with Gasteiger partial charge in [0.25, 0.3) is 0 Å². The van der Waals surface area contributed by atoms with Gasteiger partial charge in [-0.25, -0.2) is 9.89 Å². The summed E-state index contributed by atoms with van der Waals surface area (Å²) in [5, 5.41) is 19.3. The summed E-state index contributed by atoms with van der Waals surface area (Å²) in [4.78, 5) is 23.0. The lowest BCUT2D eigenvalue weighted by molar-refractivity contribution is -0.143.